The Balaban J connectivity index is 2.43. The van der Waals surface area contributed by atoms with Crippen molar-refractivity contribution in [1.82, 2.24) is 0 Å². The fourth-order valence-electron chi connectivity index (χ4n) is 1.64. The third kappa shape index (κ3) is 1.20. The van der Waals surface area contributed by atoms with Crippen molar-refractivity contribution in [2.24, 2.45) is 0 Å². The van der Waals surface area contributed by atoms with Gasteiger partial charge in [0, 0.05) is 7.05 Å². The number of fused-ring (bicyclic) bond motifs is 1. The standard InChI is InChI=1S/C11H12N2O/c1-8-11(7-12)14-10-6-4-3-5-9(10)13(8)2/h3-6,8,11H,1-2H3. The second-order valence-corrected chi connectivity index (χ2v) is 3.49. The molecule has 0 aromatic heterocycles. The smallest absolute Gasteiger partial charge is 0.204 e. The lowest BCUT2D eigenvalue weighted by atomic mass is 10.1. The predicted octanol–water partition coefficient (Wildman–Crippen LogP) is 1.80. The van der Waals surface area contributed by atoms with Crippen LogP contribution in [0.3, 0.4) is 0 Å². The van der Waals surface area contributed by atoms with Gasteiger partial charge in [-0.1, -0.05) is 12.1 Å². The molecule has 1 aromatic carbocycles. The first-order valence-electron chi connectivity index (χ1n) is 4.62. The summed E-state index contributed by atoms with van der Waals surface area (Å²) in [6, 6.07) is 10.0. The Morgan fingerprint density at radius 1 is 1.43 bits per heavy atom. The lowest BCUT2D eigenvalue weighted by Gasteiger charge is -2.36. The van der Waals surface area contributed by atoms with Crippen LogP contribution in [0, 0.1) is 11.3 Å². The molecule has 0 aliphatic carbocycles. The number of benzene rings is 1. The molecule has 0 saturated heterocycles. The molecule has 0 fully saturated rings. The van der Waals surface area contributed by atoms with E-state index in [2.05, 4.69) is 11.0 Å². The maximum absolute atomic E-state index is 8.90. The number of ether oxygens (including phenoxy) is 1. The van der Waals surface area contributed by atoms with Crippen LogP contribution in [-0.4, -0.2) is 19.2 Å². The monoisotopic (exact) mass is 188 g/mol. The Kier molecular flexibility index (Phi) is 2.05. The van der Waals surface area contributed by atoms with Crippen molar-refractivity contribution in [3.05, 3.63) is 24.3 Å². The van der Waals surface area contributed by atoms with Gasteiger partial charge in [0.1, 0.15) is 11.8 Å². The minimum atomic E-state index is -0.380. The molecule has 0 radical (unpaired) electrons. The summed E-state index contributed by atoms with van der Waals surface area (Å²) in [6.45, 7) is 1.99. The number of nitriles is 1. The predicted molar refractivity (Wildman–Crippen MR) is 54.3 cm³/mol. The fraction of sp³-hybridized carbons (Fsp3) is 0.364. The summed E-state index contributed by atoms with van der Waals surface area (Å²) in [5, 5.41) is 8.90. The zero-order chi connectivity index (χ0) is 10.1. The van der Waals surface area contributed by atoms with Gasteiger partial charge in [-0.05, 0) is 19.1 Å². The molecule has 14 heavy (non-hydrogen) atoms. The van der Waals surface area contributed by atoms with Crippen LogP contribution in [0.15, 0.2) is 24.3 Å². The Bertz CT molecular complexity index is 383. The molecule has 1 aliphatic heterocycles. The molecule has 0 spiro atoms. The van der Waals surface area contributed by atoms with E-state index in [1.165, 1.54) is 0 Å². The van der Waals surface area contributed by atoms with E-state index in [0.717, 1.165) is 11.4 Å². The Hall–Kier alpha value is -1.69. The molecule has 0 N–H and O–H groups in total. The molecule has 3 heteroatoms. The highest BCUT2D eigenvalue weighted by atomic mass is 16.5. The quantitative estimate of drug-likeness (QED) is 0.622. The molecule has 0 saturated carbocycles. The normalized spacial score (nSPS) is 24.8. The molecule has 1 aromatic rings. The Morgan fingerprint density at radius 3 is 2.86 bits per heavy atom. The van der Waals surface area contributed by atoms with Crippen molar-refractivity contribution < 1.29 is 4.74 Å². The van der Waals surface area contributed by atoms with Crippen LogP contribution < -0.4 is 9.64 Å². The lowest BCUT2D eigenvalue weighted by molar-refractivity contribution is 0.212. The van der Waals surface area contributed by atoms with Gasteiger partial charge in [-0.2, -0.15) is 5.26 Å². The van der Waals surface area contributed by atoms with Crippen LogP contribution >= 0.6 is 0 Å². The van der Waals surface area contributed by atoms with Crippen molar-refractivity contribution in [3.8, 4) is 11.8 Å². The van der Waals surface area contributed by atoms with Gasteiger partial charge >= 0.3 is 0 Å². The van der Waals surface area contributed by atoms with E-state index in [9.17, 15) is 0 Å². The third-order valence-corrected chi connectivity index (χ3v) is 2.68. The van der Waals surface area contributed by atoms with Crippen molar-refractivity contribution in [3.63, 3.8) is 0 Å². The largest absolute Gasteiger partial charge is 0.471 e. The number of hydrogen-bond donors (Lipinski definition) is 0. The number of likely N-dealkylation sites (N-methyl/N-ethyl adjacent to an activating group) is 1. The van der Waals surface area contributed by atoms with E-state index in [4.69, 9.17) is 10.00 Å². The summed E-state index contributed by atoms with van der Waals surface area (Å²) in [5.74, 6) is 0.791. The van der Waals surface area contributed by atoms with Crippen molar-refractivity contribution in [1.29, 1.82) is 5.26 Å². The summed E-state index contributed by atoms with van der Waals surface area (Å²) in [7, 11) is 1.98. The van der Waals surface area contributed by atoms with E-state index in [-0.39, 0.29) is 12.1 Å². The number of nitrogens with zero attached hydrogens (tertiary/aromatic N) is 2. The Morgan fingerprint density at radius 2 is 2.14 bits per heavy atom. The van der Waals surface area contributed by atoms with E-state index in [1.54, 1.807) is 0 Å². The number of hydrogen-bond acceptors (Lipinski definition) is 3. The third-order valence-electron chi connectivity index (χ3n) is 2.68. The van der Waals surface area contributed by atoms with Crippen molar-refractivity contribution in [2.45, 2.75) is 19.1 Å². The van der Waals surface area contributed by atoms with Gasteiger partial charge < -0.3 is 9.64 Å². The fourth-order valence-corrected chi connectivity index (χ4v) is 1.64. The SMILES string of the molecule is CC1C(C#N)Oc2ccccc2N1C. The average Bonchev–Trinajstić information content (AvgIpc) is 2.23. The second-order valence-electron chi connectivity index (χ2n) is 3.49. The molecule has 3 nitrogen and oxygen atoms in total. The van der Waals surface area contributed by atoms with Crippen LogP contribution in [0.1, 0.15) is 6.92 Å². The molecular formula is C11H12N2O. The van der Waals surface area contributed by atoms with Crippen molar-refractivity contribution in [2.75, 3.05) is 11.9 Å². The van der Waals surface area contributed by atoms with Gasteiger partial charge in [0.05, 0.1) is 11.7 Å². The zero-order valence-electron chi connectivity index (χ0n) is 8.27. The molecule has 1 heterocycles. The maximum atomic E-state index is 8.90. The van der Waals surface area contributed by atoms with Gasteiger partial charge in [0.15, 0.2) is 0 Å². The molecule has 0 amide bonds. The minimum absolute atomic E-state index is 0.0925. The van der Waals surface area contributed by atoms with Crippen LogP contribution in [-0.2, 0) is 0 Å². The molecular weight excluding hydrogens is 176 g/mol. The average molecular weight is 188 g/mol. The summed E-state index contributed by atoms with van der Waals surface area (Å²) >= 11 is 0. The molecule has 1 aliphatic rings. The molecule has 2 atom stereocenters. The lowest BCUT2D eigenvalue weighted by Crippen LogP contribution is -2.45. The number of anilines is 1. The molecule has 2 unspecified atom stereocenters. The van der Waals surface area contributed by atoms with Crippen LogP contribution in [0.4, 0.5) is 5.69 Å². The van der Waals surface area contributed by atoms with E-state index in [1.807, 2.05) is 38.2 Å². The van der Waals surface area contributed by atoms with Gasteiger partial charge in [0.25, 0.3) is 0 Å². The zero-order valence-corrected chi connectivity index (χ0v) is 8.27. The van der Waals surface area contributed by atoms with E-state index < -0.39 is 0 Å². The molecule has 0 bridgehead atoms. The van der Waals surface area contributed by atoms with Gasteiger partial charge in [0.2, 0.25) is 6.10 Å². The highest BCUT2D eigenvalue weighted by Crippen LogP contribution is 2.34. The number of rotatable bonds is 0. The van der Waals surface area contributed by atoms with Gasteiger partial charge in [-0.15, -0.1) is 0 Å². The number of para-hydroxylation sites is 2. The van der Waals surface area contributed by atoms with Crippen LogP contribution in [0.25, 0.3) is 0 Å². The van der Waals surface area contributed by atoms with E-state index >= 15 is 0 Å². The summed E-state index contributed by atoms with van der Waals surface area (Å²) in [6.07, 6.45) is -0.380. The van der Waals surface area contributed by atoms with E-state index in [0.29, 0.717) is 0 Å². The second kappa shape index (κ2) is 3.22. The van der Waals surface area contributed by atoms with Crippen LogP contribution in [0.2, 0.25) is 0 Å². The van der Waals surface area contributed by atoms with Gasteiger partial charge in [-0.25, -0.2) is 0 Å². The molecule has 72 valence electrons. The topological polar surface area (TPSA) is 36.3 Å². The molecule has 2 rings (SSSR count). The first kappa shape index (κ1) is 8.89. The highest BCUT2D eigenvalue weighted by molar-refractivity contribution is 5.60. The van der Waals surface area contributed by atoms with Crippen molar-refractivity contribution >= 4 is 5.69 Å². The Labute approximate surface area is 83.5 Å². The summed E-state index contributed by atoms with van der Waals surface area (Å²) in [4.78, 5) is 2.08. The van der Waals surface area contributed by atoms with Crippen LogP contribution in [0.5, 0.6) is 5.75 Å². The first-order chi connectivity index (χ1) is 6.74. The first-order valence-corrected chi connectivity index (χ1v) is 4.62. The van der Waals surface area contributed by atoms with Gasteiger partial charge in [-0.3, -0.25) is 0 Å². The summed E-state index contributed by atoms with van der Waals surface area (Å²) < 4.78 is 5.56. The summed E-state index contributed by atoms with van der Waals surface area (Å²) in [5.41, 5.74) is 1.05. The minimum Gasteiger partial charge on any atom is -0.471 e. The highest BCUT2D eigenvalue weighted by Gasteiger charge is 2.29. The maximum Gasteiger partial charge on any atom is 0.204 e.